The minimum Gasteiger partial charge on any atom is -0.323 e. The number of nitrogens with one attached hydrogen (secondary N) is 1. The molecule has 1 aliphatic heterocycles. The van der Waals surface area contributed by atoms with Gasteiger partial charge in [-0.05, 0) is 33.6 Å². The lowest BCUT2D eigenvalue weighted by molar-refractivity contribution is -0.134. The van der Waals surface area contributed by atoms with Crippen LogP contribution in [-0.4, -0.2) is 27.9 Å². The van der Waals surface area contributed by atoms with Gasteiger partial charge in [0.1, 0.15) is 5.54 Å². The van der Waals surface area contributed by atoms with E-state index in [0.717, 1.165) is 25.7 Å². The van der Waals surface area contributed by atoms with Crippen LogP contribution >= 0.6 is 0 Å². The van der Waals surface area contributed by atoms with E-state index in [9.17, 15) is 9.59 Å². The number of urea groups is 1. The predicted octanol–water partition coefficient (Wildman–Crippen LogP) is 1.65. The van der Waals surface area contributed by atoms with Gasteiger partial charge in [0.2, 0.25) is 0 Å². The summed E-state index contributed by atoms with van der Waals surface area (Å²) in [5.41, 5.74) is -0.988. The molecule has 3 amide bonds. The van der Waals surface area contributed by atoms with Crippen LogP contribution in [0.25, 0.3) is 0 Å². The minimum absolute atomic E-state index is 0.0301. The maximum atomic E-state index is 12.2. The van der Waals surface area contributed by atoms with E-state index in [2.05, 4.69) is 5.32 Å². The van der Waals surface area contributed by atoms with Crippen LogP contribution in [0, 0.1) is 0 Å². The molecule has 1 saturated heterocycles. The van der Waals surface area contributed by atoms with Crippen LogP contribution in [0.3, 0.4) is 0 Å². The third-order valence-electron chi connectivity index (χ3n) is 3.29. The third kappa shape index (κ3) is 1.43. The first kappa shape index (κ1) is 10.5. The Kier molecular flexibility index (Phi) is 2.07. The maximum Gasteiger partial charge on any atom is 0.325 e. The van der Waals surface area contributed by atoms with E-state index in [-0.39, 0.29) is 11.9 Å². The summed E-state index contributed by atoms with van der Waals surface area (Å²) in [6.07, 6.45) is 3.66. The van der Waals surface area contributed by atoms with Crippen LogP contribution in [0.1, 0.15) is 46.5 Å². The molecule has 2 aliphatic rings. The second-order valence-electron chi connectivity index (χ2n) is 5.53. The molecule has 1 aliphatic carbocycles. The zero-order valence-electron chi connectivity index (χ0n) is 9.59. The van der Waals surface area contributed by atoms with Gasteiger partial charge in [0, 0.05) is 5.54 Å². The quantitative estimate of drug-likeness (QED) is 0.618. The van der Waals surface area contributed by atoms with E-state index < -0.39 is 11.1 Å². The van der Waals surface area contributed by atoms with Crippen molar-refractivity contribution in [2.75, 3.05) is 0 Å². The van der Waals surface area contributed by atoms with Gasteiger partial charge in [0.05, 0.1) is 0 Å². The van der Waals surface area contributed by atoms with Crippen molar-refractivity contribution < 1.29 is 9.59 Å². The monoisotopic (exact) mass is 210 g/mol. The minimum atomic E-state index is -0.565. The van der Waals surface area contributed by atoms with Gasteiger partial charge in [-0.15, -0.1) is 0 Å². The number of nitrogens with zero attached hydrogens (tertiary/aromatic N) is 1. The molecule has 4 nitrogen and oxygen atoms in total. The molecular formula is C11H18N2O2. The standard InChI is InChI=1S/C11H18N2O2/c1-10(2,3)13-8(14)11(12-9(13)15)6-4-5-7-11/h4-7H2,1-3H3,(H,12,15). The molecule has 1 N–H and O–H groups in total. The van der Waals surface area contributed by atoms with Crippen molar-refractivity contribution in [2.45, 2.75) is 57.5 Å². The highest BCUT2D eigenvalue weighted by atomic mass is 16.2. The number of amides is 3. The first-order valence-corrected chi connectivity index (χ1v) is 5.54. The van der Waals surface area contributed by atoms with E-state index in [1.165, 1.54) is 4.90 Å². The van der Waals surface area contributed by atoms with Gasteiger partial charge in [-0.3, -0.25) is 9.69 Å². The van der Waals surface area contributed by atoms with Crippen molar-refractivity contribution >= 4 is 11.9 Å². The average Bonchev–Trinajstić information content (AvgIpc) is 2.59. The Morgan fingerprint density at radius 3 is 2.13 bits per heavy atom. The molecule has 2 fully saturated rings. The van der Waals surface area contributed by atoms with Gasteiger partial charge in [-0.25, -0.2) is 4.79 Å². The van der Waals surface area contributed by atoms with Gasteiger partial charge in [0.25, 0.3) is 5.91 Å². The average molecular weight is 210 g/mol. The summed E-state index contributed by atoms with van der Waals surface area (Å²) in [5, 5.41) is 2.87. The molecule has 0 aromatic rings. The zero-order valence-corrected chi connectivity index (χ0v) is 9.59. The van der Waals surface area contributed by atoms with Gasteiger partial charge in [-0.2, -0.15) is 0 Å². The van der Waals surface area contributed by atoms with Crippen molar-refractivity contribution in [3.8, 4) is 0 Å². The molecule has 1 spiro atoms. The lowest BCUT2D eigenvalue weighted by Crippen LogP contribution is -2.48. The van der Waals surface area contributed by atoms with Crippen molar-refractivity contribution in [1.29, 1.82) is 0 Å². The lowest BCUT2D eigenvalue weighted by Gasteiger charge is -2.30. The van der Waals surface area contributed by atoms with Crippen LogP contribution in [-0.2, 0) is 4.79 Å². The van der Waals surface area contributed by atoms with Crippen molar-refractivity contribution in [3.05, 3.63) is 0 Å². The molecule has 0 radical (unpaired) electrons. The van der Waals surface area contributed by atoms with Crippen LogP contribution in [0.4, 0.5) is 4.79 Å². The van der Waals surface area contributed by atoms with Gasteiger partial charge < -0.3 is 5.32 Å². The summed E-state index contributed by atoms with van der Waals surface area (Å²) in [5.74, 6) is -0.0301. The summed E-state index contributed by atoms with van der Waals surface area (Å²) in [6, 6.07) is -0.227. The molecule has 2 rings (SSSR count). The summed E-state index contributed by atoms with van der Waals surface area (Å²) >= 11 is 0. The Bertz CT molecular complexity index is 311. The zero-order chi connectivity index (χ0) is 11.3. The SMILES string of the molecule is CC(C)(C)N1C(=O)NC2(CCCC2)C1=O. The van der Waals surface area contributed by atoms with E-state index >= 15 is 0 Å². The predicted molar refractivity (Wildman–Crippen MR) is 56.3 cm³/mol. The number of hydrogen-bond donors (Lipinski definition) is 1. The molecule has 15 heavy (non-hydrogen) atoms. The maximum absolute atomic E-state index is 12.2. The van der Waals surface area contributed by atoms with Crippen molar-refractivity contribution in [1.82, 2.24) is 10.2 Å². The van der Waals surface area contributed by atoms with Crippen LogP contribution in [0.2, 0.25) is 0 Å². The summed E-state index contributed by atoms with van der Waals surface area (Å²) in [4.78, 5) is 25.4. The van der Waals surface area contributed by atoms with Crippen molar-refractivity contribution in [2.24, 2.45) is 0 Å². The fraction of sp³-hybridized carbons (Fsp3) is 0.818. The summed E-state index contributed by atoms with van der Waals surface area (Å²) < 4.78 is 0. The highest BCUT2D eigenvalue weighted by Crippen LogP contribution is 2.37. The Balaban J connectivity index is 2.31. The van der Waals surface area contributed by atoms with Crippen molar-refractivity contribution in [3.63, 3.8) is 0 Å². The van der Waals surface area contributed by atoms with E-state index in [4.69, 9.17) is 0 Å². The Labute approximate surface area is 90.0 Å². The summed E-state index contributed by atoms with van der Waals surface area (Å²) in [7, 11) is 0. The highest BCUT2D eigenvalue weighted by molar-refractivity contribution is 6.07. The van der Waals surface area contributed by atoms with Gasteiger partial charge in [0.15, 0.2) is 0 Å². The number of hydrogen-bond acceptors (Lipinski definition) is 2. The molecule has 0 bridgehead atoms. The molecule has 1 saturated carbocycles. The Morgan fingerprint density at radius 1 is 1.20 bits per heavy atom. The molecule has 0 atom stereocenters. The first-order valence-electron chi connectivity index (χ1n) is 5.54. The molecule has 84 valence electrons. The molecule has 4 heteroatoms. The largest absolute Gasteiger partial charge is 0.325 e. The molecular weight excluding hydrogens is 192 g/mol. The fourth-order valence-corrected chi connectivity index (χ4v) is 2.55. The second kappa shape index (κ2) is 2.97. The number of carbonyl (C=O) groups is 2. The van der Waals surface area contributed by atoms with E-state index in [1.54, 1.807) is 0 Å². The number of carbonyl (C=O) groups excluding carboxylic acids is 2. The topological polar surface area (TPSA) is 49.4 Å². The Morgan fingerprint density at radius 2 is 1.73 bits per heavy atom. The molecule has 0 aromatic carbocycles. The molecule has 0 unspecified atom stereocenters. The van der Waals surface area contributed by atoms with E-state index in [0.29, 0.717) is 0 Å². The third-order valence-corrected chi connectivity index (χ3v) is 3.29. The first-order chi connectivity index (χ1) is 6.87. The normalized spacial score (nSPS) is 25.1. The number of imide groups is 1. The summed E-state index contributed by atoms with van der Waals surface area (Å²) in [6.45, 7) is 5.66. The molecule has 0 aromatic heterocycles. The fourth-order valence-electron chi connectivity index (χ4n) is 2.55. The smallest absolute Gasteiger partial charge is 0.323 e. The lowest BCUT2D eigenvalue weighted by atomic mass is 9.96. The Hall–Kier alpha value is -1.06. The molecule has 1 heterocycles. The van der Waals surface area contributed by atoms with Crippen LogP contribution in [0.15, 0.2) is 0 Å². The van der Waals surface area contributed by atoms with E-state index in [1.807, 2.05) is 20.8 Å². The van der Waals surface area contributed by atoms with Gasteiger partial charge >= 0.3 is 6.03 Å². The van der Waals surface area contributed by atoms with Crippen LogP contribution < -0.4 is 5.32 Å². The highest BCUT2D eigenvalue weighted by Gasteiger charge is 2.55. The van der Waals surface area contributed by atoms with Gasteiger partial charge in [-0.1, -0.05) is 12.8 Å². The second-order valence-corrected chi connectivity index (χ2v) is 5.53. The number of rotatable bonds is 0. The van der Waals surface area contributed by atoms with Crippen LogP contribution in [0.5, 0.6) is 0 Å².